The molecule has 1 rings (SSSR count). The largest absolute Gasteiger partial charge is 0.497 e. The van der Waals surface area contributed by atoms with E-state index in [4.69, 9.17) is 9.84 Å². The third-order valence-corrected chi connectivity index (χ3v) is 2.06. The Morgan fingerprint density at radius 1 is 1.31 bits per heavy atom. The van der Waals surface area contributed by atoms with Crippen LogP contribution in [0.5, 0.6) is 5.75 Å². The van der Waals surface area contributed by atoms with Crippen molar-refractivity contribution in [1.82, 2.24) is 0 Å². The number of alkyl halides is 3. The van der Waals surface area contributed by atoms with Crippen molar-refractivity contribution in [3.8, 4) is 5.75 Å². The second-order valence-electron chi connectivity index (χ2n) is 3.62. The van der Waals surface area contributed by atoms with E-state index in [1.54, 1.807) is 0 Å². The number of aliphatic hydroxyl groups is 1. The van der Waals surface area contributed by atoms with Gasteiger partial charge in [0.15, 0.2) is 0 Å². The highest BCUT2D eigenvalue weighted by Crippen LogP contribution is 2.32. The predicted octanol–water partition coefficient (Wildman–Crippen LogP) is 2.64. The van der Waals surface area contributed by atoms with Crippen LogP contribution in [-0.2, 0) is 12.6 Å². The Balaban J connectivity index is 3.11. The highest BCUT2D eigenvalue weighted by molar-refractivity contribution is 5.36. The lowest BCUT2D eigenvalue weighted by Gasteiger charge is -2.12. The summed E-state index contributed by atoms with van der Waals surface area (Å²) < 4.78 is 42.3. The van der Waals surface area contributed by atoms with Crippen LogP contribution in [0, 0.1) is 0 Å². The van der Waals surface area contributed by atoms with Crippen LogP contribution in [0.15, 0.2) is 18.2 Å². The molecule has 0 aliphatic rings. The van der Waals surface area contributed by atoms with Gasteiger partial charge in [0, 0.05) is 0 Å². The van der Waals surface area contributed by atoms with Crippen LogP contribution >= 0.6 is 0 Å². The molecule has 0 aliphatic carbocycles. The van der Waals surface area contributed by atoms with Gasteiger partial charge in [-0.1, -0.05) is 0 Å². The standard InChI is InChI=1S/C11H13F3O2/c1-7(15)3-8-4-9(11(12,13)14)6-10(5-8)16-2/h4-7,15H,3H2,1-2H3. The average Bonchev–Trinajstić information content (AvgIpc) is 2.14. The minimum Gasteiger partial charge on any atom is -0.497 e. The molecule has 1 aromatic rings. The van der Waals surface area contributed by atoms with Crippen molar-refractivity contribution < 1.29 is 23.0 Å². The number of rotatable bonds is 3. The van der Waals surface area contributed by atoms with E-state index in [0.717, 1.165) is 12.1 Å². The molecule has 5 heteroatoms. The molecule has 1 unspecified atom stereocenters. The summed E-state index contributed by atoms with van der Waals surface area (Å²) in [5, 5.41) is 9.14. The van der Waals surface area contributed by atoms with Crippen molar-refractivity contribution >= 4 is 0 Å². The second-order valence-corrected chi connectivity index (χ2v) is 3.62. The summed E-state index contributed by atoms with van der Waals surface area (Å²) in [6.45, 7) is 1.52. The van der Waals surface area contributed by atoms with E-state index in [1.165, 1.54) is 20.1 Å². The molecule has 90 valence electrons. The van der Waals surface area contributed by atoms with Crippen LogP contribution in [0.3, 0.4) is 0 Å². The maximum atomic E-state index is 12.5. The highest BCUT2D eigenvalue weighted by Gasteiger charge is 2.31. The van der Waals surface area contributed by atoms with Gasteiger partial charge in [-0.15, -0.1) is 0 Å². The van der Waals surface area contributed by atoms with E-state index >= 15 is 0 Å². The van der Waals surface area contributed by atoms with Gasteiger partial charge >= 0.3 is 6.18 Å². The molecule has 0 aliphatic heterocycles. The summed E-state index contributed by atoms with van der Waals surface area (Å²) in [6.07, 6.45) is -4.92. The summed E-state index contributed by atoms with van der Waals surface area (Å²) >= 11 is 0. The topological polar surface area (TPSA) is 29.5 Å². The predicted molar refractivity (Wildman–Crippen MR) is 53.4 cm³/mol. The summed E-state index contributed by atoms with van der Waals surface area (Å²) in [6, 6.07) is 3.45. The van der Waals surface area contributed by atoms with Crippen LogP contribution < -0.4 is 4.74 Å². The van der Waals surface area contributed by atoms with Crippen molar-refractivity contribution in [2.75, 3.05) is 7.11 Å². The van der Waals surface area contributed by atoms with Gasteiger partial charge in [0.25, 0.3) is 0 Å². The summed E-state index contributed by atoms with van der Waals surface area (Å²) in [7, 11) is 1.31. The Morgan fingerprint density at radius 3 is 2.38 bits per heavy atom. The number of ether oxygens (including phenoxy) is 1. The van der Waals surface area contributed by atoms with Crippen LogP contribution in [0.4, 0.5) is 13.2 Å². The Labute approximate surface area is 91.7 Å². The highest BCUT2D eigenvalue weighted by atomic mass is 19.4. The number of benzene rings is 1. The molecular weight excluding hydrogens is 221 g/mol. The van der Waals surface area contributed by atoms with Crippen molar-refractivity contribution in [3.05, 3.63) is 29.3 Å². The van der Waals surface area contributed by atoms with Crippen molar-refractivity contribution in [1.29, 1.82) is 0 Å². The maximum absolute atomic E-state index is 12.5. The zero-order valence-electron chi connectivity index (χ0n) is 9.01. The minimum absolute atomic E-state index is 0.144. The zero-order chi connectivity index (χ0) is 12.3. The molecule has 0 radical (unpaired) electrons. The first-order valence-electron chi connectivity index (χ1n) is 4.76. The number of hydrogen-bond donors (Lipinski definition) is 1. The van der Waals surface area contributed by atoms with E-state index < -0.39 is 17.8 Å². The van der Waals surface area contributed by atoms with Gasteiger partial charge in [0.05, 0.1) is 18.8 Å². The van der Waals surface area contributed by atoms with Crippen LogP contribution in [0.1, 0.15) is 18.1 Å². The molecule has 2 nitrogen and oxygen atoms in total. The van der Waals surface area contributed by atoms with E-state index in [1.807, 2.05) is 0 Å². The molecule has 0 saturated carbocycles. The Hall–Kier alpha value is -1.23. The lowest BCUT2D eigenvalue weighted by Crippen LogP contribution is -2.09. The second kappa shape index (κ2) is 4.74. The number of hydrogen-bond acceptors (Lipinski definition) is 2. The minimum atomic E-state index is -4.40. The first-order valence-corrected chi connectivity index (χ1v) is 4.76. The molecule has 0 fully saturated rings. The molecular formula is C11H13F3O2. The Morgan fingerprint density at radius 2 is 1.94 bits per heavy atom. The SMILES string of the molecule is COc1cc(CC(C)O)cc(C(F)(F)F)c1. The summed E-state index contributed by atoms with van der Waals surface area (Å²) in [5.41, 5.74) is -0.357. The van der Waals surface area contributed by atoms with Gasteiger partial charge in [0.2, 0.25) is 0 Å². The van der Waals surface area contributed by atoms with Crippen molar-refractivity contribution in [2.45, 2.75) is 25.6 Å². The molecule has 1 atom stereocenters. The van der Waals surface area contributed by atoms with Crippen LogP contribution in [-0.4, -0.2) is 18.3 Å². The van der Waals surface area contributed by atoms with Gasteiger partial charge in [0.1, 0.15) is 5.75 Å². The van der Waals surface area contributed by atoms with Gasteiger partial charge in [-0.2, -0.15) is 13.2 Å². The van der Waals surface area contributed by atoms with Crippen molar-refractivity contribution in [2.24, 2.45) is 0 Å². The fourth-order valence-corrected chi connectivity index (χ4v) is 1.40. The number of methoxy groups -OCH3 is 1. The lowest BCUT2D eigenvalue weighted by atomic mass is 10.0. The van der Waals surface area contributed by atoms with E-state index in [0.29, 0.717) is 5.56 Å². The van der Waals surface area contributed by atoms with E-state index in [2.05, 4.69) is 0 Å². The van der Waals surface area contributed by atoms with Gasteiger partial charge < -0.3 is 9.84 Å². The fourth-order valence-electron chi connectivity index (χ4n) is 1.40. The quantitative estimate of drug-likeness (QED) is 0.871. The van der Waals surface area contributed by atoms with Crippen molar-refractivity contribution in [3.63, 3.8) is 0 Å². The molecule has 16 heavy (non-hydrogen) atoms. The molecule has 0 heterocycles. The Bertz CT molecular complexity index is 359. The monoisotopic (exact) mass is 234 g/mol. The van der Waals surface area contributed by atoms with Gasteiger partial charge in [-0.25, -0.2) is 0 Å². The first kappa shape index (κ1) is 12.8. The smallest absolute Gasteiger partial charge is 0.416 e. The first-order chi connectivity index (χ1) is 7.32. The van der Waals surface area contributed by atoms with Crippen LogP contribution in [0.25, 0.3) is 0 Å². The molecule has 0 amide bonds. The third-order valence-electron chi connectivity index (χ3n) is 2.06. The molecule has 0 aromatic heterocycles. The molecule has 0 bridgehead atoms. The average molecular weight is 234 g/mol. The molecule has 1 aromatic carbocycles. The van der Waals surface area contributed by atoms with E-state index in [9.17, 15) is 13.2 Å². The van der Waals surface area contributed by atoms with E-state index in [-0.39, 0.29) is 12.2 Å². The maximum Gasteiger partial charge on any atom is 0.416 e. The summed E-state index contributed by atoms with van der Waals surface area (Å²) in [4.78, 5) is 0. The third kappa shape index (κ3) is 3.41. The van der Waals surface area contributed by atoms with Gasteiger partial charge in [-0.3, -0.25) is 0 Å². The molecule has 0 spiro atoms. The van der Waals surface area contributed by atoms with Gasteiger partial charge in [-0.05, 0) is 37.1 Å². The zero-order valence-corrected chi connectivity index (χ0v) is 9.01. The summed E-state index contributed by atoms with van der Waals surface area (Å²) in [5.74, 6) is 0.144. The normalized spacial score (nSPS) is 13.6. The molecule has 0 saturated heterocycles. The molecule has 1 N–H and O–H groups in total. The fraction of sp³-hybridized carbons (Fsp3) is 0.455. The van der Waals surface area contributed by atoms with Crippen LogP contribution in [0.2, 0.25) is 0 Å². The Kier molecular flexibility index (Phi) is 3.80. The lowest BCUT2D eigenvalue weighted by molar-refractivity contribution is -0.137. The number of halogens is 3. The number of aliphatic hydroxyl groups excluding tert-OH is 1.